The number of aromatic nitrogens is 1. The number of carbonyl (C=O) groups is 2. The predicted octanol–water partition coefficient (Wildman–Crippen LogP) is 6.35. The summed E-state index contributed by atoms with van der Waals surface area (Å²) in [6, 6.07) is 16.2. The van der Waals surface area contributed by atoms with Crippen LogP contribution in [0.15, 0.2) is 72.6 Å². The maximum absolute atomic E-state index is 13.4. The summed E-state index contributed by atoms with van der Waals surface area (Å²) < 4.78 is 5.77. The second-order valence-electron chi connectivity index (χ2n) is 9.94. The predicted molar refractivity (Wildman–Crippen MR) is 144 cm³/mol. The Hall–Kier alpha value is -3.93. The van der Waals surface area contributed by atoms with Gasteiger partial charge in [0.15, 0.2) is 0 Å². The van der Waals surface area contributed by atoms with Crippen molar-refractivity contribution in [2.75, 3.05) is 6.61 Å². The van der Waals surface area contributed by atoms with Gasteiger partial charge < -0.3 is 14.7 Å². The fraction of sp³-hybridized carbons (Fsp3) is 0.323. The molecule has 3 aromatic rings. The second-order valence-corrected chi connectivity index (χ2v) is 9.94. The number of ketones is 1. The van der Waals surface area contributed by atoms with Crippen LogP contribution < -0.4 is 4.74 Å². The summed E-state index contributed by atoms with van der Waals surface area (Å²) in [7, 11) is 0. The molecule has 2 heterocycles. The van der Waals surface area contributed by atoms with Gasteiger partial charge in [0.25, 0.3) is 11.7 Å². The van der Waals surface area contributed by atoms with Gasteiger partial charge in [0, 0.05) is 24.5 Å². The Morgan fingerprint density at radius 3 is 2.24 bits per heavy atom. The van der Waals surface area contributed by atoms with Crippen LogP contribution in [0.5, 0.6) is 5.75 Å². The van der Waals surface area contributed by atoms with E-state index in [1.54, 1.807) is 18.5 Å². The molecule has 192 valence electrons. The molecular formula is C31H34N2O4. The molecule has 1 aliphatic rings. The molecule has 4 rings (SSSR count). The van der Waals surface area contributed by atoms with Crippen molar-refractivity contribution in [1.82, 2.24) is 9.88 Å². The molecule has 0 radical (unpaired) electrons. The highest BCUT2D eigenvalue weighted by Gasteiger charge is 2.46. The van der Waals surface area contributed by atoms with Crippen LogP contribution in [0.2, 0.25) is 0 Å². The Bertz CT molecular complexity index is 1310. The van der Waals surface area contributed by atoms with Crippen molar-refractivity contribution in [2.24, 2.45) is 0 Å². The molecule has 1 aliphatic heterocycles. The molecule has 0 bridgehead atoms. The Labute approximate surface area is 218 Å². The minimum Gasteiger partial charge on any atom is -0.507 e. The van der Waals surface area contributed by atoms with Crippen molar-refractivity contribution < 1.29 is 19.4 Å². The minimum absolute atomic E-state index is 0.0928. The molecule has 1 fully saturated rings. The number of aliphatic hydroxyl groups is 1. The normalized spacial score (nSPS) is 17.2. The number of Topliss-reactive ketones (excluding diaryl/α,β-unsaturated/α-hetero) is 1. The van der Waals surface area contributed by atoms with Crippen molar-refractivity contribution in [3.05, 3.63) is 100 Å². The van der Waals surface area contributed by atoms with Gasteiger partial charge in [0.1, 0.15) is 11.5 Å². The average Bonchev–Trinajstić information content (AvgIpc) is 3.14. The van der Waals surface area contributed by atoms with Crippen molar-refractivity contribution in [3.8, 4) is 5.75 Å². The summed E-state index contributed by atoms with van der Waals surface area (Å²) in [5.41, 5.74) is 4.28. The monoisotopic (exact) mass is 498 g/mol. The van der Waals surface area contributed by atoms with Crippen molar-refractivity contribution in [3.63, 3.8) is 0 Å². The second kappa shape index (κ2) is 11.0. The van der Waals surface area contributed by atoms with E-state index in [2.05, 4.69) is 18.8 Å². The summed E-state index contributed by atoms with van der Waals surface area (Å²) in [5, 5.41) is 11.5. The zero-order chi connectivity index (χ0) is 26.7. The van der Waals surface area contributed by atoms with Crippen LogP contribution in [0, 0.1) is 0 Å². The highest BCUT2D eigenvalue weighted by Crippen LogP contribution is 2.41. The van der Waals surface area contributed by atoms with Crippen molar-refractivity contribution in [2.45, 2.75) is 59.0 Å². The summed E-state index contributed by atoms with van der Waals surface area (Å²) in [6.45, 7) is 11.0. The van der Waals surface area contributed by atoms with Gasteiger partial charge in [0.2, 0.25) is 0 Å². The molecule has 6 nitrogen and oxygen atoms in total. The van der Waals surface area contributed by atoms with Gasteiger partial charge in [-0.05, 0) is 71.3 Å². The van der Waals surface area contributed by atoms with Crippen LogP contribution in [-0.2, 0) is 16.1 Å². The van der Waals surface area contributed by atoms with E-state index in [0.29, 0.717) is 18.1 Å². The first kappa shape index (κ1) is 26.1. The Morgan fingerprint density at radius 1 is 0.973 bits per heavy atom. The lowest BCUT2D eigenvalue weighted by molar-refractivity contribution is -0.140. The number of benzene rings is 2. The smallest absolute Gasteiger partial charge is 0.295 e. The number of aliphatic hydroxyl groups excluding tert-OH is 1. The molecule has 0 aliphatic carbocycles. The average molecular weight is 499 g/mol. The highest BCUT2D eigenvalue weighted by atomic mass is 16.5. The van der Waals surface area contributed by atoms with Crippen LogP contribution in [0.25, 0.3) is 5.76 Å². The summed E-state index contributed by atoms with van der Waals surface area (Å²) in [4.78, 5) is 32.3. The van der Waals surface area contributed by atoms with E-state index in [9.17, 15) is 14.7 Å². The molecule has 1 N–H and O–H groups in total. The number of hydrogen-bond donors (Lipinski definition) is 1. The molecule has 1 amide bonds. The molecule has 1 aromatic heterocycles. The molecule has 1 atom stereocenters. The van der Waals surface area contributed by atoms with E-state index in [4.69, 9.17) is 4.74 Å². The van der Waals surface area contributed by atoms with E-state index < -0.39 is 17.7 Å². The van der Waals surface area contributed by atoms with Crippen LogP contribution in [0.4, 0.5) is 0 Å². The molecule has 6 heteroatoms. The van der Waals surface area contributed by atoms with Crippen molar-refractivity contribution in [1.29, 1.82) is 0 Å². The maximum Gasteiger partial charge on any atom is 0.295 e. The van der Waals surface area contributed by atoms with Gasteiger partial charge in [-0.1, -0.05) is 52.0 Å². The lowest BCUT2D eigenvalue weighted by Gasteiger charge is -2.26. The largest absolute Gasteiger partial charge is 0.507 e. The number of ether oxygens (including phenoxy) is 1. The Kier molecular flexibility index (Phi) is 7.77. The van der Waals surface area contributed by atoms with Gasteiger partial charge in [-0.3, -0.25) is 14.6 Å². The summed E-state index contributed by atoms with van der Waals surface area (Å²) >= 11 is 0. The molecule has 0 saturated carbocycles. The lowest BCUT2D eigenvalue weighted by atomic mass is 9.92. The van der Waals surface area contributed by atoms with E-state index in [1.807, 2.05) is 69.3 Å². The first-order valence-electron chi connectivity index (χ1n) is 12.8. The van der Waals surface area contributed by atoms with Crippen LogP contribution in [-0.4, -0.2) is 33.3 Å². The van der Waals surface area contributed by atoms with E-state index >= 15 is 0 Å². The SMILES string of the molecule is CCOc1ccc(/C(O)=C2/C(=O)C(=O)N(Cc3ccncc3)C2c2ccc(C(C)C)cc2)cc1C(C)C. The molecule has 0 spiro atoms. The molecule has 37 heavy (non-hydrogen) atoms. The standard InChI is InChI=1S/C31H34N2O4/c1-6-37-26-12-11-24(17-25(26)20(4)5)29(34)27-28(23-9-7-22(8-10-23)19(2)3)33(31(36)30(27)35)18-21-13-15-32-16-14-21/h7-17,19-20,28,34H,6,18H2,1-5H3/b29-27-. The summed E-state index contributed by atoms with van der Waals surface area (Å²) in [6.07, 6.45) is 3.32. The van der Waals surface area contributed by atoms with E-state index in [1.165, 1.54) is 4.90 Å². The van der Waals surface area contributed by atoms with E-state index in [-0.39, 0.29) is 23.8 Å². The molecule has 1 unspecified atom stereocenters. The molecule has 1 saturated heterocycles. The van der Waals surface area contributed by atoms with Crippen LogP contribution in [0.3, 0.4) is 0 Å². The number of carbonyl (C=O) groups excluding carboxylic acids is 2. The number of likely N-dealkylation sites (tertiary alicyclic amines) is 1. The van der Waals surface area contributed by atoms with Gasteiger partial charge in [-0.2, -0.15) is 0 Å². The molecule has 2 aromatic carbocycles. The first-order valence-corrected chi connectivity index (χ1v) is 12.8. The highest BCUT2D eigenvalue weighted by molar-refractivity contribution is 6.46. The lowest BCUT2D eigenvalue weighted by Crippen LogP contribution is -2.29. The minimum atomic E-state index is -0.719. The number of rotatable bonds is 8. The first-order chi connectivity index (χ1) is 17.7. The van der Waals surface area contributed by atoms with Gasteiger partial charge in [-0.25, -0.2) is 0 Å². The number of pyridine rings is 1. The fourth-order valence-electron chi connectivity index (χ4n) is 4.73. The van der Waals surface area contributed by atoms with Gasteiger partial charge in [0.05, 0.1) is 18.2 Å². The van der Waals surface area contributed by atoms with Gasteiger partial charge in [-0.15, -0.1) is 0 Å². The maximum atomic E-state index is 13.4. The number of nitrogens with zero attached hydrogens (tertiary/aromatic N) is 2. The van der Waals surface area contributed by atoms with Crippen molar-refractivity contribution >= 4 is 17.4 Å². The Morgan fingerprint density at radius 2 is 1.65 bits per heavy atom. The van der Waals surface area contributed by atoms with Gasteiger partial charge >= 0.3 is 0 Å². The third kappa shape index (κ3) is 5.29. The topological polar surface area (TPSA) is 79.7 Å². The quantitative estimate of drug-likeness (QED) is 0.222. The van der Waals surface area contributed by atoms with Crippen LogP contribution in [0.1, 0.15) is 80.3 Å². The number of hydrogen-bond acceptors (Lipinski definition) is 5. The third-order valence-electron chi connectivity index (χ3n) is 6.77. The Balaban J connectivity index is 1.86. The summed E-state index contributed by atoms with van der Waals surface area (Å²) in [5.74, 6) is -0.277. The third-order valence-corrected chi connectivity index (χ3v) is 6.77. The zero-order valence-corrected chi connectivity index (χ0v) is 22.1. The number of amides is 1. The molecular weight excluding hydrogens is 464 g/mol. The zero-order valence-electron chi connectivity index (χ0n) is 22.1. The fourth-order valence-corrected chi connectivity index (χ4v) is 4.73. The van der Waals surface area contributed by atoms with E-state index in [0.717, 1.165) is 28.0 Å². The van der Waals surface area contributed by atoms with Crippen LogP contribution >= 0.6 is 0 Å².